The van der Waals surface area contributed by atoms with Crippen molar-refractivity contribution in [1.29, 1.82) is 0 Å². The van der Waals surface area contributed by atoms with E-state index in [1.54, 1.807) is 0 Å². The molecular weight excluding hydrogens is 242 g/mol. The van der Waals surface area contributed by atoms with Crippen molar-refractivity contribution in [1.82, 2.24) is 5.32 Å². The van der Waals surface area contributed by atoms with Crippen LogP contribution >= 0.6 is 0 Å². The molecule has 0 aliphatic heterocycles. The van der Waals surface area contributed by atoms with Gasteiger partial charge < -0.3 is 16.3 Å². The Labute approximate surface area is 112 Å². The van der Waals surface area contributed by atoms with E-state index in [2.05, 4.69) is 10.5 Å². The molecule has 19 heavy (non-hydrogen) atoms. The van der Waals surface area contributed by atoms with Gasteiger partial charge in [-0.3, -0.25) is 4.79 Å². The topological polar surface area (TPSA) is 87.7 Å². The third-order valence-electron chi connectivity index (χ3n) is 3.46. The second-order valence-corrected chi connectivity index (χ2v) is 5.01. The molecule has 4 N–H and O–H groups in total. The van der Waals surface area contributed by atoms with Crippen LogP contribution in [0, 0.1) is 12.8 Å². The van der Waals surface area contributed by atoms with Crippen LogP contribution in [-0.2, 0) is 11.2 Å². The standard InChI is InChI=1S/C14H19N3O2/c1-9-4-2-3-5-11(9)8-12(18)16-13(10-6-7-10)14(15)17-19/h2-5,10,13,19H,6-8H2,1H3,(H2,15,17)(H,16,18). The molecule has 2 rings (SSSR count). The summed E-state index contributed by atoms with van der Waals surface area (Å²) in [5.74, 6) is 0.287. The highest BCUT2D eigenvalue weighted by atomic mass is 16.4. The van der Waals surface area contributed by atoms with E-state index >= 15 is 0 Å². The van der Waals surface area contributed by atoms with E-state index in [9.17, 15) is 4.79 Å². The molecule has 0 heterocycles. The zero-order chi connectivity index (χ0) is 13.8. The number of nitrogens with one attached hydrogen (secondary N) is 1. The first-order valence-electron chi connectivity index (χ1n) is 6.43. The molecule has 0 radical (unpaired) electrons. The molecule has 0 aromatic heterocycles. The number of oxime groups is 1. The summed E-state index contributed by atoms with van der Waals surface area (Å²) in [5, 5.41) is 14.6. The monoisotopic (exact) mass is 261 g/mol. The Balaban J connectivity index is 1.98. The average Bonchev–Trinajstić information content (AvgIpc) is 3.22. The molecule has 0 spiro atoms. The normalized spacial score (nSPS) is 17.0. The molecule has 0 bridgehead atoms. The van der Waals surface area contributed by atoms with Crippen LogP contribution in [0.25, 0.3) is 0 Å². The maximum atomic E-state index is 12.0. The Morgan fingerprint density at radius 1 is 1.53 bits per heavy atom. The van der Waals surface area contributed by atoms with Gasteiger partial charge in [-0.15, -0.1) is 0 Å². The number of carbonyl (C=O) groups is 1. The van der Waals surface area contributed by atoms with E-state index in [0.717, 1.165) is 24.0 Å². The second kappa shape index (κ2) is 5.73. The van der Waals surface area contributed by atoms with E-state index in [0.29, 0.717) is 12.3 Å². The van der Waals surface area contributed by atoms with Crippen LogP contribution in [0.5, 0.6) is 0 Å². The Morgan fingerprint density at radius 3 is 2.79 bits per heavy atom. The van der Waals surface area contributed by atoms with Gasteiger partial charge >= 0.3 is 0 Å². The van der Waals surface area contributed by atoms with Crippen LogP contribution < -0.4 is 11.1 Å². The number of rotatable bonds is 5. The molecule has 1 aliphatic carbocycles. The van der Waals surface area contributed by atoms with Gasteiger partial charge in [0.25, 0.3) is 0 Å². The number of amides is 1. The third kappa shape index (κ3) is 3.47. The molecule has 1 unspecified atom stereocenters. The van der Waals surface area contributed by atoms with Crippen molar-refractivity contribution in [2.75, 3.05) is 0 Å². The van der Waals surface area contributed by atoms with Gasteiger partial charge in [0, 0.05) is 0 Å². The van der Waals surface area contributed by atoms with E-state index in [1.165, 1.54) is 0 Å². The predicted molar refractivity (Wildman–Crippen MR) is 72.9 cm³/mol. The van der Waals surface area contributed by atoms with E-state index in [-0.39, 0.29) is 17.8 Å². The zero-order valence-electron chi connectivity index (χ0n) is 11.0. The number of nitrogens with zero attached hydrogens (tertiary/aromatic N) is 1. The number of amidine groups is 1. The SMILES string of the molecule is Cc1ccccc1CC(=O)NC(C(N)=NO)C1CC1. The summed E-state index contributed by atoms with van der Waals surface area (Å²) in [4.78, 5) is 12.0. The van der Waals surface area contributed by atoms with Gasteiger partial charge in [0.2, 0.25) is 5.91 Å². The minimum absolute atomic E-state index is 0.0839. The predicted octanol–water partition coefficient (Wildman–Crippen LogP) is 1.18. The van der Waals surface area contributed by atoms with E-state index in [4.69, 9.17) is 10.9 Å². The fourth-order valence-corrected chi connectivity index (χ4v) is 2.13. The first kappa shape index (κ1) is 13.4. The molecule has 5 heteroatoms. The lowest BCUT2D eigenvalue weighted by Gasteiger charge is -2.17. The van der Waals surface area contributed by atoms with Crippen molar-refractivity contribution in [3.05, 3.63) is 35.4 Å². The van der Waals surface area contributed by atoms with Crippen molar-refractivity contribution in [3.63, 3.8) is 0 Å². The van der Waals surface area contributed by atoms with Gasteiger partial charge in [-0.25, -0.2) is 0 Å². The number of hydrogen-bond acceptors (Lipinski definition) is 3. The Bertz CT molecular complexity index is 495. The van der Waals surface area contributed by atoms with Gasteiger partial charge in [-0.1, -0.05) is 29.4 Å². The fraction of sp³-hybridized carbons (Fsp3) is 0.429. The molecule has 1 amide bonds. The summed E-state index contributed by atoms with van der Waals surface area (Å²) in [6.45, 7) is 1.98. The largest absolute Gasteiger partial charge is 0.409 e. The summed E-state index contributed by atoms with van der Waals surface area (Å²) in [6.07, 6.45) is 2.33. The quantitative estimate of drug-likeness (QED) is 0.322. The molecule has 1 fully saturated rings. The van der Waals surface area contributed by atoms with Gasteiger partial charge in [0.1, 0.15) is 0 Å². The molecule has 1 saturated carbocycles. The smallest absolute Gasteiger partial charge is 0.225 e. The lowest BCUT2D eigenvalue weighted by Crippen LogP contribution is -2.46. The molecule has 5 nitrogen and oxygen atoms in total. The number of hydrogen-bond donors (Lipinski definition) is 3. The van der Waals surface area contributed by atoms with Crippen LogP contribution in [0.1, 0.15) is 24.0 Å². The van der Waals surface area contributed by atoms with Crippen molar-refractivity contribution >= 4 is 11.7 Å². The highest BCUT2D eigenvalue weighted by Gasteiger charge is 2.35. The van der Waals surface area contributed by atoms with Crippen molar-refractivity contribution < 1.29 is 10.0 Å². The minimum Gasteiger partial charge on any atom is -0.409 e. The molecule has 102 valence electrons. The average molecular weight is 261 g/mol. The van der Waals surface area contributed by atoms with Crippen molar-refractivity contribution in [3.8, 4) is 0 Å². The van der Waals surface area contributed by atoms with E-state index in [1.807, 2.05) is 31.2 Å². The highest BCUT2D eigenvalue weighted by Crippen LogP contribution is 2.32. The Morgan fingerprint density at radius 2 is 2.21 bits per heavy atom. The number of carbonyl (C=O) groups excluding carboxylic acids is 1. The summed E-state index contributed by atoms with van der Waals surface area (Å²) in [5.41, 5.74) is 7.70. The lowest BCUT2D eigenvalue weighted by atomic mass is 10.0. The minimum atomic E-state index is -0.346. The highest BCUT2D eigenvalue weighted by molar-refractivity contribution is 5.91. The second-order valence-electron chi connectivity index (χ2n) is 5.01. The summed E-state index contributed by atoms with van der Waals surface area (Å²) in [6, 6.07) is 7.42. The molecular formula is C14H19N3O2. The van der Waals surface area contributed by atoms with Crippen LogP contribution in [0.2, 0.25) is 0 Å². The Hall–Kier alpha value is -2.04. The van der Waals surface area contributed by atoms with Gasteiger partial charge in [-0.05, 0) is 36.8 Å². The molecule has 1 aliphatic rings. The number of benzene rings is 1. The van der Waals surface area contributed by atoms with Crippen molar-refractivity contribution in [2.24, 2.45) is 16.8 Å². The summed E-state index contributed by atoms with van der Waals surface area (Å²) < 4.78 is 0. The van der Waals surface area contributed by atoms with Crippen LogP contribution in [0.4, 0.5) is 0 Å². The van der Waals surface area contributed by atoms with Crippen LogP contribution in [0.15, 0.2) is 29.4 Å². The Kier molecular flexibility index (Phi) is 4.04. The number of aryl methyl sites for hydroxylation is 1. The molecule has 0 saturated heterocycles. The van der Waals surface area contributed by atoms with Crippen LogP contribution in [-0.4, -0.2) is 23.0 Å². The van der Waals surface area contributed by atoms with Gasteiger partial charge in [-0.2, -0.15) is 0 Å². The number of nitrogens with two attached hydrogens (primary N) is 1. The first-order valence-corrected chi connectivity index (χ1v) is 6.43. The maximum Gasteiger partial charge on any atom is 0.225 e. The third-order valence-corrected chi connectivity index (χ3v) is 3.46. The van der Waals surface area contributed by atoms with Crippen LogP contribution in [0.3, 0.4) is 0 Å². The van der Waals surface area contributed by atoms with E-state index < -0.39 is 0 Å². The summed E-state index contributed by atoms with van der Waals surface area (Å²) >= 11 is 0. The zero-order valence-corrected chi connectivity index (χ0v) is 11.0. The van der Waals surface area contributed by atoms with Gasteiger partial charge in [0.15, 0.2) is 5.84 Å². The van der Waals surface area contributed by atoms with Crippen molar-refractivity contribution in [2.45, 2.75) is 32.2 Å². The maximum absolute atomic E-state index is 12.0. The summed E-state index contributed by atoms with van der Waals surface area (Å²) in [7, 11) is 0. The first-order chi connectivity index (χ1) is 9.11. The molecule has 1 atom stereocenters. The molecule has 1 aromatic rings. The molecule has 1 aromatic carbocycles. The lowest BCUT2D eigenvalue weighted by molar-refractivity contribution is -0.120. The fourth-order valence-electron chi connectivity index (χ4n) is 2.13. The van der Waals surface area contributed by atoms with Gasteiger partial charge in [0.05, 0.1) is 12.5 Å².